The number of carbonyl (C=O) groups excluding carboxylic acids is 1. The Labute approximate surface area is 254 Å². The number of esters is 1. The van der Waals surface area contributed by atoms with Crippen molar-refractivity contribution in [2.45, 2.75) is 148 Å². The second-order valence-corrected chi connectivity index (χ2v) is 10.9. The maximum atomic E-state index is 11.7. The minimum absolute atomic E-state index is 0.178. The SMILES string of the molecule is CC/C=C\C/C=C\C/C=C\C/C=C\C/C=C\CCCCCCCCCCCCOCC(CO)OC(=O)CCCCC. The molecule has 1 unspecified atom stereocenters. The van der Waals surface area contributed by atoms with Crippen LogP contribution in [0, 0.1) is 0 Å². The molecule has 1 atom stereocenters. The van der Waals surface area contributed by atoms with Gasteiger partial charge in [-0.05, 0) is 57.8 Å². The maximum Gasteiger partial charge on any atom is 0.306 e. The van der Waals surface area contributed by atoms with Crippen molar-refractivity contribution in [2.24, 2.45) is 0 Å². The molecule has 0 bridgehead atoms. The van der Waals surface area contributed by atoms with Gasteiger partial charge in [0.2, 0.25) is 0 Å². The van der Waals surface area contributed by atoms with Gasteiger partial charge in [-0.2, -0.15) is 0 Å². The number of hydrogen-bond acceptors (Lipinski definition) is 4. The predicted octanol–water partition coefficient (Wildman–Crippen LogP) is 10.5. The Bertz CT molecular complexity index is 689. The van der Waals surface area contributed by atoms with Crippen LogP contribution in [-0.2, 0) is 14.3 Å². The number of aliphatic hydroxyl groups is 1. The smallest absolute Gasteiger partial charge is 0.306 e. The molecule has 0 fully saturated rings. The van der Waals surface area contributed by atoms with Gasteiger partial charge in [-0.25, -0.2) is 0 Å². The van der Waals surface area contributed by atoms with E-state index in [9.17, 15) is 9.90 Å². The summed E-state index contributed by atoms with van der Waals surface area (Å²) in [4.78, 5) is 11.7. The molecular weight excluding hydrogens is 508 g/mol. The van der Waals surface area contributed by atoms with Crippen LogP contribution in [0.5, 0.6) is 0 Å². The molecule has 0 spiro atoms. The maximum absolute atomic E-state index is 11.7. The van der Waals surface area contributed by atoms with Gasteiger partial charge in [0.15, 0.2) is 0 Å². The molecule has 0 radical (unpaired) electrons. The Morgan fingerprint density at radius 2 is 1.10 bits per heavy atom. The second kappa shape index (κ2) is 34.3. The third kappa shape index (κ3) is 32.5. The average Bonchev–Trinajstić information content (AvgIpc) is 2.98. The van der Waals surface area contributed by atoms with E-state index in [-0.39, 0.29) is 19.2 Å². The Kier molecular flexibility index (Phi) is 32.7. The molecule has 0 saturated heterocycles. The molecule has 0 aliphatic rings. The summed E-state index contributed by atoms with van der Waals surface area (Å²) in [6.07, 6.45) is 44.7. The van der Waals surface area contributed by atoms with Crippen molar-refractivity contribution >= 4 is 5.97 Å². The molecule has 236 valence electrons. The highest BCUT2D eigenvalue weighted by Crippen LogP contribution is 2.12. The summed E-state index contributed by atoms with van der Waals surface area (Å²) in [7, 11) is 0. The largest absolute Gasteiger partial charge is 0.457 e. The molecule has 0 aromatic rings. The van der Waals surface area contributed by atoms with Gasteiger partial charge in [-0.1, -0.05) is 139 Å². The first kappa shape index (κ1) is 39.1. The van der Waals surface area contributed by atoms with Crippen molar-refractivity contribution in [1.29, 1.82) is 0 Å². The molecule has 0 heterocycles. The van der Waals surface area contributed by atoms with E-state index < -0.39 is 6.10 Å². The van der Waals surface area contributed by atoms with Crippen LogP contribution in [0.3, 0.4) is 0 Å². The van der Waals surface area contributed by atoms with Crippen molar-refractivity contribution in [3.8, 4) is 0 Å². The number of ether oxygens (including phenoxy) is 2. The molecule has 0 aliphatic carbocycles. The van der Waals surface area contributed by atoms with Crippen LogP contribution < -0.4 is 0 Å². The van der Waals surface area contributed by atoms with Crippen molar-refractivity contribution in [3.05, 3.63) is 60.8 Å². The summed E-state index contributed by atoms with van der Waals surface area (Å²) in [6, 6.07) is 0. The van der Waals surface area contributed by atoms with E-state index in [0.29, 0.717) is 13.0 Å². The highest BCUT2D eigenvalue weighted by molar-refractivity contribution is 5.69. The van der Waals surface area contributed by atoms with Crippen molar-refractivity contribution in [3.63, 3.8) is 0 Å². The number of aliphatic hydroxyl groups excluding tert-OH is 1. The zero-order valence-electron chi connectivity index (χ0n) is 26.8. The fraction of sp³-hybridized carbons (Fsp3) is 0.703. The van der Waals surface area contributed by atoms with Gasteiger partial charge in [0.1, 0.15) is 6.10 Å². The van der Waals surface area contributed by atoms with E-state index in [1.165, 1.54) is 64.2 Å². The molecule has 0 aliphatic heterocycles. The molecule has 4 heteroatoms. The monoisotopic (exact) mass is 572 g/mol. The molecular formula is C37H64O4. The van der Waals surface area contributed by atoms with E-state index in [1.54, 1.807) is 0 Å². The molecule has 1 N–H and O–H groups in total. The standard InChI is InChI=1S/C37H64O4/c1-3-5-7-8-9-10-11-12-13-14-15-16-17-18-19-20-21-22-23-24-25-26-27-28-29-31-33-40-35-36(34-38)41-37(39)32-30-6-4-2/h5,7,9-10,12-13,15-16,18-19,36,38H,3-4,6,8,11,14,17,20-35H2,1-2H3/b7-5-,10-9-,13-12-,16-15-,19-18-. The summed E-state index contributed by atoms with van der Waals surface area (Å²) < 4.78 is 10.9. The summed E-state index contributed by atoms with van der Waals surface area (Å²) in [5, 5.41) is 9.38. The minimum Gasteiger partial charge on any atom is -0.457 e. The van der Waals surface area contributed by atoms with Gasteiger partial charge < -0.3 is 14.6 Å². The van der Waals surface area contributed by atoms with E-state index in [0.717, 1.165) is 57.8 Å². The average molecular weight is 573 g/mol. The second-order valence-electron chi connectivity index (χ2n) is 10.9. The van der Waals surface area contributed by atoms with E-state index in [1.807, 2.05) is 0 Å². The van der Waals surface area contributed by atoms with Crippen molar-refractivity contribution in [2.75, 3.05) is 19.8 Å². The van der Waals surface area contributed by atoms with Crippen LogP contribution in [0.2, 0.25) is 0 Å². The summed E-state index contributed by atoms with van der Waals surface area (Å²) in [6.45, 7) is 5.05. The Balaban J connectivity index is 3.40. The van der Waals surface area contributed by atoms with Gasteiger partial charge in [0, 0.05) is 13.0 Å². The van der Waals surface area contributed by atoms with E-state index in [2.05, 4.69) is 74.6 Å². The Morgan fingerprint density at radius 1 is 0.610 bits per heavy atom. The van der Waals surface area contributed by atoms with Crippen LogP contribution >= 0.6 is 0 Å². The number of unbranched alkanes of at least 4 members (excludes halogenated alkanes) is 12. The van der Waals surface area contributed by atoms with Crippen molar-refractivity contribution in [1.82, 2.24) is 0 Å². The number of carbonyl (C=O) groups is 1. The first-order valence-electron chi connectivity index (χ1n) is 16.9. The fourth-order valence-corrected chi connectivity index (χ4v) is 4.35. The quantitative estimate of drug-likeness (QED) is 0.0528. The van der Waals surface area contributed by atoms with Crippen LogP contribution in [0.15, 0.2) is 60.8 Å². The third-order valence-corrected chi connectivity index (χ3v) is 6.86. The molecule has 0 saturated carbocycles. The van der Waals surface area contributed by atoms with Crippen LogP contribution in [0.1, 0.15) is 142 Å². The first-order valence-corrected chi connectivity index (χ1v) is 16.9. The van der Waals surface area contributed by atoms with E-state index in [4.69, 9.17) is 9.47 Å². The normalized spacial score (nSPS) is 13.1. The van der Waals surface area contributed by atoms with Crippen LogP contribution in [0.25, 0.3) is 0 Å². The highest BCUT2D eigenvalue weighted by atomic mass is 16.6. The number of hydrogen-bond donors (Lipinski definition) is 1. The highest BCUT2D eigenvalue weighted by Gasteiger charge is 2.13. The lowest BCUT2D eigenvalue weighted by Crippen LogP contribution is -2.27. The lowest BCUT2D eigenvalue weighted by Gasteiger charge is -2.15. The number of rotatable bonds is 30. The Morgan fingerprint density at radius 3 is 1.61 bits per heavy atom. The van der Waals surface area contributed by atoms with Crippen molar-refractivity contribution < 1.29 is 19.4 Å². The summed E-state index contributed by atoms with van der Waals surface area (Å²) in [5.74, 6) is -0.230. The van der Waals surface area contributed by atoms with Gasteiger partial charge in [-0.15, -0.1) is 0 Å². The number of allylic oxidation sites excluding steroid dienone is 10. The summed E-state index contributed by atoms with van der Waals surface area (Å²) in [5.41, 5.74) is 0. The van der Waals surface area contributed by atoms with Gasteiger partial charge in [0.05, 0.1) is 13.2 Å². The van der Waals surface area contributed by atoms with E-state index >= 15 is 0 Å². The first-order chi connectivity index (χ1) is 20.2. The molecule has 0 amide bonds. The van der Waals surface area contributed by atoms with Gasteiger partial charge in [0.25, 0.3) is 0 Å². The van der Waals surface area contributed by atoms with Gasteiger partial charge in [-0.3, -0.25) is 4.79 Å². The summed E-state index contributed by atoms with van der Waals surface area (Å²) >= 11 is 0. The topological polar surface area (TPSA) is 55.8 Å². The third-order valence-electron chi connectivity index (χ3n) is 6.86. The van der Waals surface area contributed by atoms with Crippen LogP contribution in [-0.4, -0.2) is 37.0 Å². The Hall–Kier alpha value is -1.91. The fourth-order valence-electron chi connectivity index (χ4n) is 4.35. The lowest BCUT2D eigenvalue weighted by molar-refractivity contribution is -0.154. The van der Waals surface area contributed by atoms with Crippen LogP contribution in [0.4, 0.5) is 0 Å². The minimum atomic E-state index is -0.531. The molecule has 0 rings (SSSR count). The molecule has 0 aromatic heterocycles. The molecule has 4 nitrogen and oxygen atoms in total. The zero-order chi connectivity index (χ0) is 29.9. The predicted molar refractivity (Wildman–Crippen MR) is 177 cm³/mol. The molecule has 41 heavy (non-hydrogen) atoms. The molecule has 0 aromatic carbocycles. The van der Waals surface area contributed by atoms with Gasteiger partial charge >= 0.3 is 5.97 Å². The zero-order valence-corrected chi connectivity index (χ0v) is 26.8. The lowest BCUT2D eigenvalue weighted by atomic mass is 10.1.